The summed E-state index contributed by atoms with van der Waals surface area (Å²) >= 11 is 1.30. The summed E-state index contributed by atoms with van der Waals surface area (Å²) in [5.74, 6) is -0.518. The van der Waals surface area contributed by atoms with E-state index in [1.807, 2.05) is 0 Å². The summed E-state index contributed by atoms with van der Waals surface area (Å²) in [7, 11) is -3.96. The van der Waals surface area contributed by atoms with E-state index in [-0.39, 0.29) is 11.4 Å². The van der Waals surface area contributed by atoms with Crippen LogP contribution in [0.4, 0.5) is 13.2 Å². The molecular formula is C14H14F3NO4S2. The van der Waals surface area contributed by atoms with Gasteiger partial charge >= 0.3 is 6.36 Å². The van der Waals surface area contributed by atoms with Crippen LogP contribution in [0.1, 0.15) is 16.5 Å². The van der Waals surface area contributed by atoms with E-state index < -0.39 is 28.2 Å². The van der Waals surface area contributed by atoms with Gasteiger partial charge in [0.15, 0.2) is 0 Å². The van der Waals surface area contributed by atoms with Crippen molar-refractivity contribution in [2.24, 2.45) is 0 Å². The Balaban J connectivity index is 2.03. The van der Waals surface area contributed by atoms with E-state index in [1.54, 1.807) is 18.4 Å². The molecule has 132 valence electrons. The zero-order valence-electron chi connectivity index (χ0n) is 12.4. The van der Waals surface area contributed by atoms with Crippen LogP contribution in [0.25, 0.3) is 0 Å². The molecule has 1 heterocycles. The van der Waals surface area contributed by atoms with E-state index in [2.05, 4.69) is 9.46 Å². The fraction of sp³-hybridized carbons (Fsp3) is 0.286. The van der Waals surface area contributed by atoms with Crippen molar-refractivity contribution in [3.05, 3.63) is 46.2 Å². The lowest BCUT2D eigenvalue weighted by Crippen LogP contribution is -2.28. The molecule has 0 saturated heterocycles. The summed E-state index contributed by atoms with van der Waals surface area (Å²) < 4.78 is 66.3. The van der Waals surface area contributed by atoms with Gasteiger partial charge in [-0.2, -0.15) is 0 Å². The highest BCUT2D eigenvalue weighted by Crippen LogP contribution is 2.25. The van der Waals surface area contributed by atoms with E-state index in [1.165, 1.54) is 11.3 Å². The molecule has 0 fully saturated rings. The van der Waals surface area contributed by atoms with Gasteiger partial charge in [-0.15, -0.1) is 24.5 Å². The largest absolute Gasteiger partial charge is 0.573 e. The Morgan fingerprint density at radius 1 is 1.25 bits per heavy atom. The van der Waals surface area contributed by atoms with Crippen molar-refractivity contribution in [2.45, 2.75) is 24.3 Å². The lowest BCUT2D eigenvalue weighted by molar-refractivity contribution is -0.274. The Kier molecular flexibility index (Phi) is 5.53. The number of aliphatic hydroxyl groups excluding tert-OH is 1. The SMILES string of the molecule is Cc1ccsc1[C@@H](O)CNS(=O)(=O)c1ccc(OC(F)(F)F)cc1. The Morgan fingerprint density at radius 3 is 2.38 bits per heavy atom. The lowest BCUT2D eigenvalue weighted by atomic mass is 10.2. The highest BCUT2D eigenvalue weighted by molar-refractivity contribution is 7.89. The third-order valence-corrected chi connectivity index (χ3v) is 5.60. The zero-order valence-corrected chi connectivity index (χ0v) is 14.0. The lowest BCUT2D eigenvalue weighted by Gasteiger charge is -2.13. The minimum Gasteiger partial charge on any atom is -0.406 e. The molecule has 0 aliphatic heterocycles. The number of aliphatic hydroxyl groups is 1. The molecule has 0 unspecified atom stereocenters. The highest BCUT2D eigenvalue weighted by atomic mass is 32.2. The van der Waals surface area contributed by atoms with Crippen LogP contribution >= 0.6 is 11.3 Å². The second-order valence-electron chi connectivity index (χ2n) is 4.85. The van der Waals surface area contributed by atoms with E-state index in [0.29, 0.717) is 4.88 Å². The van der Waals surface area contributed by atoms with Gasteiger partial charge < -0.3 is 9.84 Å². The first kappa shape index (κ1) is 18.7. The number of benzene rings is 1. The number of nitrogens with one attached hydrogen (secondary N) is 1. The molecule has 0 amide bonds. The molecule has 2 N–H and O–H groups in total. The van der Waals surface area contributed by atoms with Crippen molar-refractivity contribution >= 4 is 21.4 Å². The third kappa shape index (κ3) is 4.94. The summed E-state index contributed by atoms with van der Waals surface area (Å²) in [5, 5.41) is 11.8. The van der Waals surface area contributed by atoms with Gasteiger partial charge in [-0.05, 0) is 48.2 Å². The number of thiophene rings is 1. The maximum atomic E-state index is 12.1. The van der Waals surface area contributed by atoms with Gasteiger partial charge in [0.05, 0.1) is 4.90 Å². The molecule has 1 aromatic carbocycles. The maximum absolute atomic E-state index is 12.1. The topological polar surface area (TPSA) is 75.6 Å². The molecule has 1 aromatic heterocycles. The molecule has 0 spiro atoms. The normalized spacial score (nSPS) is 13.7. The van der Waals surface area contributed by atoms with E-state index in [4.69, 9.17) is 0 Å². The monoisotopic (exact) mass is 381 g/mol. The first-order chi connectivity index (χ1) is 11.1. The summed E-state index contributed by atoms with van der Waals surface area (Å²) in [6.45, 7) is 1.55. The minimum atomic E-state index is -4.85. The molecule has 1 atom stereocenters. The van der Waals surface area contributed by atoms with Gasteiger partial charge in [0, 0.05) is 11.4 Å². The smallest absolute Gasteiger partial charge is 0.406 e. The van der Waals surface area contributed by atoms with Crippen LogP contribution in [-0.2, 0) is 10.0 Å². The number of alkyl halides is 3. The molecule has 2 aromatic rings. The zero-order chi connectivity index (χ0) is 18.0. The number of hydrogen-bond acceptors (Lipinski definition) is 5. The minimum absolute atomic E-state index is 0.230. The molecule has 0 aliphatic carbocycles. The van der Waals surface area contributed by atoms with E-state index in [0.717, 1.165) is 29.8 Å². The van der Waals surface area contributed by atoms with Crippen molar-refractivity contribution in [1.82, 2.24) is 4.72 Å². The molecule has 0 saturated carbocycles. The van der Waals surface area contributed by atoms with Gasteiger partial charge in [0.1, 0.15) is 11.9 Å². The van der Waals surface area contributed by atoms with Crippen LogP contribution in [-0.4, -0.2) is 26.4 Å². The van der Waals surface area contributed by atoms with Crippen LogP contribution in [0, 0.1) is 6.92 Å². The average molecular weight is 381 g/mol. The molecule has 0 radical (unpaired) electrons. The quantitative estimate of drug-likeness (QED) is 0.807. The van der Waals surface area contributed by atoms with Crippen molar-refractivity contribution < 1.29 is 31.4 Å². The van der Waals surface area contributed by atoms with Crippen LogP contribution in [0.3, 0.4) is 0 Å². The van der Waals surface area contributed by atoms with Gasteiger partial charge in [-0.3, -0.25) is 0 Å². The predicted molar refractivity (Wildman–Crippen MR) is 82.3 cm³/mol. The Morgan fingerprint density at radius 2 is 1.88 bits per heavy atom. The predicted octanol–water partition coefficient (Wildman–Crippen LogP) is 2.97. The van der Waals surface area contributed by atoms with Crippen molar-refractivity contribution in [2.75, 3.05) is 6.54 Å². The van der Waals surface area contributed by atoms with E-state index >= 15 is 0 Å². The number of aryl methyl sites for hydroxylation is 1. The van der Waals surface area contributed by atoms with Crippen LogP contribution in [0.15, 0.2) is 40.6 Å². The van der Waals surface area contributed by atoms with E-state index in [9.17, 15) is 26.7 Å². The number of hydrogen-bond donors (Lipinski definition) is 2. The van der Waals surface area contributed by atoms with Gasteiger partial charge in [-0.1, -0.05) is 0 Å². The number of sulfonamides is 1. The Labute approximate surface area is 140 Å². The molecule has 0 bridgehead atoms. The number of ether oxygens (including phenoxy) is 1. The van der Waals surface area contributed by atoms with Gasteiger partial charge in [-0.25, -0.2) is 13.1 Å². The average Bonchev–Trinajstić information content (AvgIpc) is 2.90. The van der Waals surface area contributed by atoms with Gasteiger partial charge in [0.25, 0.3) is 0 Å². The Bertz CT molecular complexity index is 785. The molecule has 0 aliphatic rings. The highest BCUT2D eigenvalue weighted by Gasteiger charge is 2.31. The van der Waals surface area contributed by atoms with Crippen LogP contribution < -0.4 is 9.46 Å². The van der Waals surface area contributed by atoms with Gasteiger partial charge in [0.2, 0.25) is 10.0 Å². The van der Waals surface area contributed by atoms with Crippen molar-refractivity contribution in [1.29, 1.82) is 0 Å². The molecule has 2 rings (SSSR count). The van der Waals surface area contributed by atoms with Crippen molar-refractivity contribution in [3.63, 3.8) is 0 Å². The summed E-state index contributed by atoms with van der Waals surface area (Å²) in [6.07, 6.45) is -5.85. The summed E-state index contributed by atoms with van der Waals surface area (Å²) in [6, 6.07) is 5.60. The maximum Gasteiger partial charge on any atom is 0.573 e. The molecule has 10 heteroatoms. The first-order valence-corrected chi connectivity index (χ1v) is 9.02. The van der Waals surface area contributed by atoms with Crippen molar-refractivity contribution in [3.8, 4) is 5.75 Å². The fourth-order valence-electron chi connectivity index (χ4n) is 1.91. The first-order valence-electron chi connectivity index (χ1n) is 6.66. The summed E-state index contributed by atoms with van der Waals surface area (Å²) in [4.78, 5) is 0.416. The number of rotatable bonds is 6. The Hall–Kier alpha value is -1.62. The van der Waals surface area contributed by atoms with Crippen LogP contribution in [0.2, 0.25) is 0 Å². The standard InChI is InChI=1S/C14H14F3NO4S2/c1-9-6-7-23-13(9)12(19)8-18-24(20,21)11-4-2-10(3-5-11)22-14(15,16)17/h2-7,12,18-19H,8H2,1H3/t12-/m0/s1. The van der Waals surface area contributed by atoms with Crippen LogP contribution in [0.5, 0.6) is 5.75 Å². The summed E-state index contributed by atoms with van der Waals surface area (Å²) in [5.41, 5.74) is 0.848. The fourth-order valence-corrected chi connectivity index (χ4v) is 3.86. The number of halogens is 3. The third-order valence-electron chi connectivity index (χ3n) is 3.04. The molecule has 24 heavy (non-hydrogen) atoms. The second kappa shape index (κ2) is 7.09. The molecular weight excluding hydrogens is 367 g/mol. The molecule has 5 nitrogen and oxygen atoms in total. The second-order valence-corrected chi connectivity index (χ2v) is 7.57.